The van der Waals surface area contributed by atoms with Gasteiger partial charge in [0, 0.05) is 28.9 Å². The maximum atomic E-state index is 11.5. The molecule has 0 saturated carbocycles. The molecule has 3 atom stereocenters. The Balaban J connectivity index is 2.67. The van der Waals surface area contributed by atoms with Crippen molar-refractivity contribution < 1.29 is 4.21 Å². The van der Waals surface area contributed by atoms with Crippen molar-refractivity contribution in [1.82, 2.24) is 9.55 Å². The Bertz CT molecular complexity index is 624. The van der Waals surface area contributed by atoms with Gasteiger partial charge in [0.1, 0.15) is 5.82 Å². The summed E-state index contributed by atoms with van der Waals surface area (Å²) in [5.41, 5.74) is 1.69. The lowest BCUT2D eigenvalue weighted by atomic mass is 10.3. The van der Waals surface area contributed by atoms with Crippen LogP contribution < -0.4 is 0 Å². The van der Waals surface area contributed by atoms with Crippen molar-refractivity contribution in [1.29, 1.82) is 0 Å². The van der Waals surface area contributed by atoms with E-state index in [4.69, 9.17) is 23.2 Å². The van der Waals surface area contributed by atoms with Crippen LogP contribution in [0.2, 0.25) is 5.02 Å². The first kappa shape index (κ1) is 14.8. The largest absolute Gasteiger partial charge is 0.322 e. The van der Waals surface area contributed by atoms with Crippen molar-refractivity contribution in [2.75, 3.05) is 12.0 Å². The quantitative estimate of drug-likeness (QED) is 0.800. The Morgan fingerprint density at radius 2 is 2.11 bits per heavy atom. The normalized spacial score (nSPS) is 16.5. The average Bonchev–Trinajstić information content (AvgIpc) is 2.68. The lowest BCUT2D eigenvalue weighted by Gasteiger charge is -2.18. The van der Waals surface area contributed by atoms with E-state index in [1.54, 1.807) is 6.26 Å². The molecule has 0 radical (unpaired) electrons. The molecule has 0 bridgehead atoms. The third kappa shape index (κ3) is 2.96. The molecule has 104 valence electrons. The van der Waals surface area contributed by atoms with Crippen LogP contribution in [-0.2, 0) is 10.8 Å². The minimum absolute atomic E-state index is 0.0342. The highest BCUT2D eigenvalue weighted by molar-refractivity contribution is 7.84. The summed E-state index contributed by atoms with van der Waals surface area (Å²) >= 11 is 12.5. The van der Waals surface area contributed by atoms with Crippen LogP contribution in [-0.4, -0.2) is 25.8 Å². The fourth-order valence-corrected chi connectivity index (χ4v) is 3.51. The smallest absolute Gasteiger partial charge is 0.128 e. The minimum atomic E-state index is -0.886. The Kier molecular flexibility index (Phi) is 4.54. The van der Waals surface area contributed by atoms with Gasteiger partial charge < -0.3 is 4.57 Å². The first-order valence-electron chi connectivity index (χ1n) is 6.02. The van der Waals surface area contributed by atoms with Crippen molar-refractivity contribution in [3.63, 3.8) is 0 Å². The first-order chi connectivity index (χ1) is 8.91. The van der Waals surface area contributed by atoms with Gasteiger partial charge in [-0.2, -0.15) is 0 Å². The molecule has 0 spiro atoms. The summed E-state index contributed by atoms with van der Waals surface area (Å²) in [6, 6.07) is 5.65. The molecule has 0 saturated heterocycles. The molecule has 0 aliphatic heterocycles. The molecule has 0 aliphatic carbocycles. The van der Waals surface area contributed by atoms with Crippen LogP contribution in [0.1, 0.15) is 31.1 Å². The number of nitrogens with zero attached hydrogens (tertiary/aromatic N) is 2. The number of alkyl halides is 1. The van der Waals surface area contributed by atoms with E-state index in [0.717, 1.165) is 16.9 Å². The van der Waals surface area contributed by atoms with Gasteiger partial charge in [0.05, 0.1) is 21.4 Å². The number of hydrogen-bond donors (Lipinski definition) is 0. The number of fused-ring (bicyclic) bond motifs is 1. The molecular formula is C13H16Cl2N2OS. The summed E-state index contributed by atoms with van der Waals surface area (Å²) in [5.74, 6) is 1.32. The molecule has 3 unspecified atom stereocenters. The highest BCUT2D eigenvalue weighted by atomic mass is 35.5. The molecule has 1 heterocycles. The average molecular weight is 319 g/mol. The van der Waals surface area contributed by atoms with Crippen LogP contribution in [0, 0.1) is 0 Å². The lowest BCUT2D eigenvalue weighted by Crippen LogP contribution is -2.16. The Morgan fingerprint density at radius 1 is 1.42 bits per heavy atom. The molecule has 3 nitrogen and oxygen atoms in total. The molecule has 19 heavy (non-hydrogen) atoms. The van der Waals surface area contributed by atoms with E-state index in [1.165, 1.54) is 0 Å². The second-order valence-corrected chi connectivity index (χ2v) is 7.19. The molecule has 0 fully saturated rings. The van der Waals surface area contributed by atoms with Gasteiger partial charge in [-0.3, -0.25) is 4.21 Å². The third-order valence-corrected chi connectivity index (χ3v) is 4.41. The summed E-state index contributed by atoms with van der Waals surface area (Å²) in [5, 5.41) is 0.415. The predicted octanol–water partition coefficient (Wildman–Crippen LogP) is 3.93. The van der Waals surface area contributed by atoms with Crippen molar-refractivity contribution in [2.45, 2.75) is 25.3 Å². The summed E-state index contributed by atoms with van der Waals surface area (Å²) < 4.78 is 13.5. The highest BCUT2D eigenvalue weighted by Crippen LogP contribution is 2.32. The number of benzene rings is 1. The van der Waals surface area contributed by atoms with Crippen molar-refractivity contribution in [2.24, 2.45) is 0 Å². The number of imidazole rings is 1. The predicted molar refractivity (Wildman–Crippen MR) is 82.7 cm³/mol. The van der Waals surface area contributed by atoms with E-state index < -0.39 is 10.8 Å². The molecule has 0 aliphatic rings. The van der Waals surface area contributed by atoms with E-state index in [9.17, 15) is 4.21 Å². The lowest BCUT2D eigenvalue weighted by molar-refractivity contribution is 0.583. The van der Waals surface area contributed by atoms with Crippen LogP contribution in [0.25, 0.3) is 11.0 Å². The number of halogens is 2. The van der Waals surface area contributed by atoms with Crippen LogP contribution in [0.4, 0.5) is 0 Å². The fourth-order valence-electron chi connectivity index (χ4n) is 2.27. The summed E-state index contributed by atoms with van der Waals surface area (Å²) in [6.45, 7) is 3.89. The molecule has 2 aromatic rings. The van der Waals surface area contributed by atoms with E-state index in [2.05, 4.69) is 4.98 Å². The molecule has 1 aromatic carbocycles. The van der Waals surface area contributed by atoms with E-state index >= 15 is 0 Å². The Morgan fingerprint density at radius 3 is 2.68 bits per heavy atom. The maximum Gasteiger partial charge on any atom is 0.128 e. The van der Waals surface area contributed by atoms with Gasteiger partial charge in [-0.1, -0.05) is 17.7 Å². The van der Waals surface area contributed by atoms with Crippen LogP contribution in [0.3, 0.4) is 0 Å². The van der Waals surface area contributed by atoms with Gasteiger partial charge in [-0.15, -0.1) is 11.6 Å². The second kappa shape index (κ2) is 5.81. The van der Waals surface area contributed by atoms with Gasteiger partial charge in [-0.05, 0) is 26.0 Å². The topological polar surface area (TPSA) is 34.9 Å². The van der Waals surface area contributed by atoms with Crippen LogP contribution >= 0.6 is 23.2 Å². The first-order valence-corrected chi connectivity index (χ1v) is 8.56. The van der Waals surface area contributed by atoms with Crippen LogP contribution in [0.15, 0.2) is 18.2 Å². The zero-order valence-electron chi connectivity index (χ0n) is 11.1. The minimum Gasteiger partial charge on any atom is -0.322 e. The van der Waals surface area contributed by atoms with Gasteiger partial charge in [-0.25, -0.2) is 4.98 Å². The number of aromatic nitrogens is 2. The standard InChI is InChI=1S/C13H16Cl2N2OS/c1-8(7-19(3)18)17-12-10(15)5-4-6-11(12)16-13(17)9(2)14/h4-6,8-9H,7H2,1-3H3. The van der Waals surface area contributed by atoms with Gasteiger partial charge in [0.2, 0.25) is 0 Å². The van der Waals surface area contributed by atoms with E-state index in [1.807, 2.05) is 36.6 Å². The summed E-state index contributed by atoms with van der Waals surface area (Å²) in [7, 11) is -0.886. The third-order valence-electron chi connectivity index (χ3n) is 2.96. The van der Waals surface area contributed by atoms with Gasteiger partial charge >= 0.3 is 0 Å². The van der Waals surface area contributed by atoms with Gasteiger partial charge in [0.15, 0.2) is 0 Å². The molecule has 0 amide bonds. The Labute approximate surface area is 125 Å². The SMILES string of the molecule is CC(Cl)c1nc2cccc(Cl)c2n1C(C)CS(C)=O. The number of rotatable bonds is 4. The molecule has 6 heteroatoms. The summed E-state index contributed by atoms with van der Waals surface area (Å²) in [6.07, 6.45) is 1.70. The second-order valence-electron chi connectivity index (χ2n) is 4.65. The molecule has 2 rings (SSSR count). The number of hydrogen-bond acceptors (Lipinski definition) is 2. The zero-order valence-corrected chi connectivity index (χ0v) is 13.4. The molecule has 1 aromatic heterocycles. The Hall–Kier alpha value is -0.580. The summed E-state index contributed by atoms with van der Waals surface area (Å²) in [4.78, 5) is 4.55. The van der Waals surface area contributed by atoms with Crippen LogP contribution in [0.5, 0.6) is 0 Å². The monoisotopic (exact) mass is 318 g/mol. The fraction of sp³-hybridized carbons (Fsp3) is 0.462. The number of para-hydroxylation sites is 1. The molecule has 0 N–H and O–H groups in total. The zero-order chi connectivity index (χ0) is 14.2. The van der Waals surface area contributed by atoms with E-state index in [-0.39, 0.29) is 11.4 Å². The van der Waals surface area contributed by atoms with E-state index in [0.29, 0.717) is 10.8 Å². The van der Waals surface area contributed by atoms with Crippen molar-refractivity contribution >= 4 is 45.0 Å². The molecular weight excluding hydrogens is 303 g/mol. The van der Waals surface area contributed by atoms with Crippen molar-refractivity contribution in [3.05, 3.63) is 29.0 Å². The van der Waals surface area contributed by atoms with Crippen molar-refractivity contribution in [3.8, 4) is 0 Å². The van der Waals surface area contributed by atoms with Gasteiger partial charge in [0.25, 0.3) is 0 Å². The maximum absolute atomic E-state index is 11.5. The highest BCUT2D eigenvalue weighted by Gasteiger charge is 2.21.